The minimum absolute atomic E-state index is 0. The summed E-state index contributed by atoms with van der Waals surface area (Å²) in [6.45, 7) is 2.22. The Bertz CT molecular complexity index is 436. The third kappa shape index (κ3) is 3.13. The second-order valence-electron chi connectivity index (χ2n) is 4.29. The van der Waals surface area contributed by atoms with Gasteiger partial charge in [-0.25, -0.2) is 9.47 Å². The minimum atomic E-state index is -1.14. The molecule has 18 heavy (non-hydrogen) atoms. The van der Waals surface area contributed by atoms with Crippen LogP contribution in [0, 0.1) is 0 Å². The fourth-order valence-electron chi connectivity index (χ4n) is 2.08. The average molecular weight is 296 g/mol. The molecule has 1 fully saturated rings. The van der Waals surface area contributed by atoms with Crippen LogP contribution in [0.5, 0.6) is 0 Å². The Morgan fingerprint density at radius 3 is 2.61 bits per heavy atom. The fraction of sp³-hybridized carbons (Fsp3) is 0.455. The van der Waals surface area contributed by atoms with Crippen LogP contribution in [0.3, 0.4) is 0 Å². The Labute approximate surface area is 154 Å². The van der Waals surface area contributed by atoms with Gasteiger partial charge in [-0.15, -0.1) is 0 Å². The van der Waals surface area contributed by atoms with Crippen LogP contribution in [-0.2, 0) is 0 Å². The van der Waals surface area contributed by atoms with Crippen molar-refractivity contribution in [2.45, 2.75) is 0 Å². The molecule has 1 saturated heterocycles. The average Bonchev–Trinajstić information content (AvgIpc) is 2.31. The molecule has 94 valence electrons. The predicted molar refractivity (Wildman–Crippen MR) is 70.8 cm³/mol. The Hall–Kier alpha value is 0.466. The van der Waals surface area contributed by atoms with Crippen molar-refractivity contribution in [2.75, 3.05) is 33.2 Å². The number of pyridine rings is 1. The van der Waals surface area contributed by atoms with E-state index in [-0.39, 0.29) is 55.9 Å². The molecule has 5 nitrogen and oxygen atoms in total. The van der Waals surface area contributed by atoms with Gasteiger partial charge in [-0.3, -0.25) is 4.90 Å². The summed E-state index contributed by atoms with van der Waals surface area (Å²) in [4.78, 5) is 17.7. The van der Waals surface area contributed by atoms with Crippen LogP contribution in [0.4, 0.5) is 10.6 Å². The van der Waals surface area contributed by atoms with Crippen LogP contribution in [0.15, 0.2) is 18.3 Å². The van der Waals surface area contributed by atoms with E-state index in [0.29, 0.717) is 37.0 Å². The van der Waals surface area contributed by atoms with Crippen molar-refractivity contribution in [3.63, 3.8) is 0 Å². The van der Waals surface area contributed by atoms with E-state index < -0.39 is 6.09 Å². The molecular formula is C11H15ClKN3O2. The molecule has 0 bridgehead atoms. The zero-order valence-electron chi connectivity index (χ0n) is 9.60. The zero-order valence-corrected chi connectivity index (χ0v) is 10.4. The van der Waals surface area contributed by atoms with Crippen molar-refractivity contribution < 1.29 is 9.90 Å². The molecule has 0 unspecified atom stereocenters. The number of carboxylic acid groups (broad SMARTS) is 1. The number of piperazine rings is 1. The molecule has 0 N–H and O–H groups in total. The maximum absolute atomic E-state index is 11.5. The topological polar surface area (TPSA) is 56.3 Å². The molecule has 1 aliphatic heterocycles. The SMILES string of the molecule is CN1CC[N+](C(=O)[O-])(c2ncccc2Cl)CC1.[KH]. The Morgan fingerprint density at radius 2 is 2.11 bits per heavy atom. The second kappa shape index (κ2) is 6.76. The molecule has 7 heteroatoms. The molecule has 1 amide bonds. The summed E-state index contributed by atoms with van der Waals surface area (Å²) in [6, 6.07) is 3.35. The van der Waals surface area contributed by atoms with Crippen molar-refractivity contribution in [3.8, 4) is 0 Å². The van der Waals surface area contributed by atoms with Gasteiger partial charge in [0.25, 0.3) is 11.9 Å². The number of amides is 1. The summed E-state index contributed by atoms with van der Waals surface area (Å²) in [7, 11) is 1.96. The van der Waals surface area contributed by atoms with Crippen molar-refractivity contribution in [3.05, 3.63) is 23.4 Å². The first kappa shape index (κ1) is 16.5. The van der Waals surface area contributed by atoms with Crippen LogP contribution in [-0.4, -0.2) is 101 Å². The Kier molecular flexibility index (Phi) is 6.21. The second-order valence-corrected chi connectivity index (χ2v) is 4.70. The van der Waals surface area contributed by atoms with E-state index in [1.165, 1.54) is 0 Å². The van der Waals surface area contributed by atoms with Gasteiger partial charge in [0.2, 0.25) is 0 Å². The van der Waals surface area contributed by atoms with Crippen molar-refractivity contribution >= 4 is 74.9 Å². The number of carbonyl (C=O) groups excluding carboxylic acids is 1. The number of halogens is 1. The molecule has 1 aromatic rings. The molecule has 1 aliphatic rings. The van der Waals surface area contributed by atoms with Crippen LogP contribution in [0.1, 0.15) is 0 Å². The Morgan fingerprint density at radius 1 is 1.50 bits per heavy atom. The third-order valence-corrected chi connectivity index (χ3v) is 3.52. The molecule has 0 spiro atoms. The third-order valence-electron chi connectivity index (χ3n) is 3.22. The summed E-state index contributed by atoms with van der Waals surface area (Å²) >= 11 is 6.04. The number of hydrogen-bond donors (Lipinski definition) is 0. The van der Waals surface area contributed by atoms with Crippen LogP contribution < -0.4 is 9.59 Å². The summed E-state index contributed by atoms with van der Waals surface area (Å²) < 4.78 is -0.288. The van der Waals surface area contributed by atoms with Gasteiger partial charge in [-0.05, 0) is 19.2 Å². The molecule has 0 saturated carbocycles. The van der Waals surface area contributed by atoms with Gasteiger partial charge in [-0.1, -0.05) is 11.6 Å². The first-order valence-corrected chi connectivity index (χ1v) is 5.82. The van der Waals surface area contributed by atoms with Crippen LogP contribution in [0.2, 0.25) is 5.02 Å². The molecule has 0 aromatic carbocycles. The standard InChI is InChI=1S/C11H14ClN3O2.K.H/c1-14-5-7-15(8-6-14,11(16)17)10-9(12)3-2-4-13-10;;/h2-4H,5-8H2,1H3;;. The van der Waals surface area contributed by atoms with Crippen molar-refractivity contribution in [2.24, 2.45) is 0 Å². The summed E-state index contributed by atoms with van der Waals surface area (Å²) in [6.07, 6.45) is 0.418. The number of carbonyl (C=O) groups is 1. The van der Waals surface area contributed by atoms with E-state index in [0.717, 1.165) is 0 Å². The number of quaternary nitrogens is 1. The molecule has 0 aliphatic carbocycles. The van der Waals surface area contributed by atoms with Crippen molar-refractivity contribution in [1.82, 2.24) is 14.4 Å². The number of hydrogen-bond acceptors (Lipinski definition) is 4. The van der Waals surface area contributed by atoms with Gasteiger partial charge in [0.1, 0.15) is 18.1 Å². The van der Waals surface area contributed by atoms with E-state index in [2.05, 4.69) is 9.88 Å². The molecule has 2 rings (SSSR count). The van der Waals surface area contributed by atoms with Gasteiger partial charge in [-0.2, -0.15) is 0 Å². The number of nitrogens with zero attached hydrogens (tertiary/aromatic N) is 3. The van der Waals surface area contributed by atoms with Gasteiger partial charge >= 0.3 is 51.4 Å². The van der Waals surface area contributed by atoms with Crippen LogP contribution in [0.25, 0.3) is 0 Å². The summed E-state index contributed by atoms with van der Waals surface area (Å²) in [5, 5.41) is 11.9. The fourth-order valence-corrected chi connectivity index (χ4v) is 2.36. The molecule has 2 heterocycles. The monoisotopic (exact) mass is 295 g/mol. The number of likely N-dealkylation sites (N-methyl/N-ethyl adjacent to an activating group) is 1. The molecule has 1 aromatic heterocycles. The quantitative estimate of drug-likeness (QED) is 0.526. The van der Waals surface area contributed by atoms with Gasteiger partial charge in [0.15, 0.2) is 0 Å². The van der Waals surface area contributed by atoms with Gasteiger partial charge in [0.05, 0.1) is 0 Å². The van der Waals surface area contributed by atoms with Crippen molar-refractivity contribution in [1.29, 1.82) is 0 Å². The first-order valence-electron chi connectivity index (χ1n) is 5.44. The maximum atomic E-state index is 11.5. The normalized spacial score (nSPS) is 19.0. The number of aromatic nitrogens is 1. The summed E-state index contributed by atoms with van der Waals surface area (Å²) in [5.41, 5.74) is 0. The zero-order chi connectivity index (χ0) is 12.5. The molecule has 0 atom stereocenters. The van der Waals surface area contributed by atoms with E-state index in [1.54, 1.807) is 18.3 Å². The van der Waals surface area contributed by atoms with E-state index in [4.69, 9.17) is 11.6 Å². The molecular weight excluding hydrogens is 281 g/mol. The van der Waals surface area contributed by atoms with E-state index >= 15 is 0 Å². The van der Waals surface area contributed by atoms with Gasteiger partial charge in [0, 0.05) is 19.3 Å². The van der Waals surface area contributed by atoms with E-state index in [1.807, 2.05) is 7.05 Å². The predicted octanol–water partition coefficient (Wildman–Crippen LogP) is -0.318. The number of rotatable bonds is 1. The van der Waals surface area contributed by atoms with Crippen LogP contribution >= 0.6 is 11.6 Å². The Balaban J connectivity index is 0.00000162. The summed E-state index contributed by atoms with van der Waals surface area (Å²) in [5.74, 6) is 0.377. The molecule has 0 radical (unpaired) electrons. The first-order chi connectivity index (χ1) is 8.06. The van der Waals surface area contributed by atoms with Gasteiger partial charge < -0.3 is 9.90 Å². The van der Waals surface area contributed by atoms with E-state index in [9.17, 15) is 9.90 Å².